The summed E-state index contributed by atoms with van der Waals surface area (Å²) in [5, 5.41) is 1.03. The molecule has 0 bridgehead atoms. The van der Waals surface area contributed by atoms with E-state index in [0.29, 0.717) is 0 Å². The fraction of sp³-hybridized carbons (Fsp3) is 0.500. The van der Waals surface area contributed by atoms with Gasteiger partial charge in [0.15, 0.2) is 0 Å². The third kappa shape index (κ3) is 7.06. The van der Waals surface area contributed by atoms with E-state index < -0.39 is 0 Å². The summed E-state index contributed by atoms with van der Waals surface area (Å²) in [4.78, 5) is 0. The van der Waals surface area contributed by atoms with Gasteiger partial charge >= 0.3 is 0 Å². The van der Waals surface area contributed by atoms with E-state index in [2.05, 4.69) is 18.2 Å². The van der Waals surface area contributed by atoms with Crippen molar-refractivity contribution in [1.82, 2.24) is 0 Å². The zero-order valence-corrected chi connectivity index (χ0v) is 9.39. The molecule has 0 nitrogen and oxygen atoms in total. The second-order valence-corrected chi connectivity index (χ2v) is 2.72. The molecule has 1 aliphatic carbocycles. The van der Waals surface area contributed by atoms with Crippen LogP contribution in [-0.4, -0.2) is 0 Å². The van der Waals surface area contributed by atoms with E-state index >= 15 is 0 Å². The van der Waals surface area contributed by atoms with Crippen molar-refractivity contribution in [3.8, 4) is 0 Å². The summed E-state index contributed by atoms with van der Waals surface area (Å²) in [5.41, 5.74) is 0. The third-order valence-electron chi connectivity index (χ3n) is 1.42. The molecule has 11 heavy (non-hydrogen) atoms. The maximum Gasteiger partial charge on any atom is 0.0144 e. The first-order valence-electron chi connectivity index (χ1n) is 3.39. The summed E-state index contributed by atoms with van der Waals surface area (Å²) >= 11 is 5.82. The van der Waals surface area contributed by atoms with Gasteiger partial charge in [0.05, 0.1) is 0 Å². The van der Waals surface area contributed by atoms with Crippen molar-refractivity contribution in [1.29, 1.82) is 0 Å². The van der Waals surface area contributed by atoms with Crippen LogP contribution in [0.5, 0.6) is 0 Å². The van der Waals surface area contributed by atoms with Crippen molar-refractivity contribution in [3.63, 3.8) is 0 Å². The van der Waals surface area contributed by atoms with Crippen LogP contribution < -0.4 is 0 Å². The van der Waals surface area contributed by atoms with Crippen molar-refractivity contribution >= 4 is 24.0 Å². The molecule has 1 radical (unpaired) electrons. The summed E-state index contributed by atoms with van der Waals surface area (Å²) in [6.07, 6.45) is 10.9. The molecule has 1 aliphatic rings. The Balaban J connectivity index is 0. The maximum atomic E-state index is 5.82. The molecule has 0 spiro atoms. The Bertz CT molecular complexity index is 141. The molecular formula is C8H12Cl2Rh. The van der Waals surface area contributed by atoms with Gasteiger partial charge in [-0.2, -0.15) is 0 Å². The molecule has 0 heterocycles. The summed E-state index contributed by atoms with van der Waals surface area (Å²) in [7, 11) is 0. The van der Waals surface area contributed by atoms with E-state index in [-0.39, 0.29) is 31.9 Å². The van der Waals surface area contributed by atoms with Crippen LogP contribution in [0.25, 0.3) is 0 Å². The molecule has 0 aliphatic heterocycles. The van der Waals surface area contributed by atoms with Gasteiger partial charge in [-0.25, -0.2) is 0 Å². The van der Waals surface area contributed by atoms with Gasteiger partial charge in [0.2, 0.25) is 0 Å². The Hall–Kier alpha value is 0.683. The standard InChI is InChI=1S/C8H11Cl.ClH.Rh/c9-8-6-4-2-1-3-5-7-8;;/h1-2,7H,3-6H2;1H;. The van der Waals surface area contributed by atoms with Crippen LogP contribution in [0.15, 0.2) is 23.3 Å². The quantitative estimate of drug-likeness (QED) is 0.470. The Morgan fingerprint density at radius 3 is 2.45 bits per heavy atom. The van der Waals surface area contributed by atoms with Crippen LogP contribution in [0, 0.1) is 0 Å². The third-order valence-corrected chi connectivity index (χ3v) is 1.76. The minimum Gasteiger partial charge on any atom is -0.147 e. The predicted octanol–water partition coefficient (Wildman–Crippen LogP) is 3.66. The van der Waals surface area contributed by atoms with Crippen molar-refractivity contribution in [2.24, 2.45) is 0 Å². The van der Waals surface area contributed by atoms with Crippen molar-refractivity contribution in [2.45, 2.75) is 25.7 Å². The second kappa shape index (κ2) is 8.78. The second-order valence-electron chi connectivity index (χ2n) is 2.24. The van der Waals surface area contributed by atoms with Crippen molar-refractivity contribution in [3.05, 3.63) is 23.3 Å². The first-order valence-corrected chi connectivity index (χ1v) is 3.77. The first kappa shape index (κ1) is 14.2. The van der Waals surface area contributed by atoms with E-state index in [1.165, 1.54) is 0 Å². The normalized spacial score (nSPS) is 16.6. The van der Waals surface area contributed by atoms with Gasteiger partial charge in [-0.05, 0) is 25.7 Å². The van der Waals surface area contributed by atoms with Crippen LogP contribution in [0.1, 0.15) is 25.7 Å². The van der Waals surface area contributed by atoms with Gasteiger partial charge in [-0.3, -0.25) is 0 Å². The van der Waals surface area contributed by atoms with E-state index in [1.54, 1.807) is 0 Å². The number of allylic oxidation sites excluding steroid dienone is 4. The smallest absolute Gasteiger partial charge is 0.0144 e. The molecule has 0 saturated carbocycles. The zero-order valence-electron chi connectivity index (χ0n) is 6.18. The number of halogens is 2. The number of hydrogen-bond donors (Lipinski definition) is 0. The summed E-state index contributed by atoms with van der Waals surface area (Å²) in [6, 6.07) is 0. The van der Waals surface area contributed by atoms with Gasteiger partial charge in [0, 0.05) is 24.5 Å². The molecule has 0 aromatic rings. The van der Waals surface area contributed by atoms with E-state index in [9.17, 15) is 0 Å². The van der Waals surface area contributed by atoms with Gasteiger partial charge < -0.3 is 0 Å². The molecule has 0 N–H and O–H groups in total. The minimum absolute atomic E-state index is 0. The number of hydrogen-bond acceptors (Lipinski definition) is 0. The fourth-order valence-electron chi connectivity index (χ4n) is 0.895. The van der Waals surface area contributed by atoms with Crippen LogP contribution in [-0.2, 0) is 19.5 Å². The molecule has 0 aromatic carbocycles. The van der Waals surface area contributed by atoms with Crippen molar-refractivity contribution < 1.29 is 19.5 Å². The Morgan fingerprint density at radius 2 is 1.73 bits per heavy atom. The summed E-state index contributed by atoms with van der Waals surface area (Å²) in [5.74, 6) is 0. The van der Waals surface area contributed by atoms with Gasteiger partial charge in [-0.15, -0.1) is 12.4 Å². The predicted molar refractivity (Wildman–Crippen MR) is 48.8 cm³/mol. The molecular weight excluding hydrogens is 270 g/mol. The summed E-state index contributed by atoms with van der Waals surface area (Å²) in [6.45, 7) is 0. The van der Waals surface area contributed by atoms with Gasteiger partial charge in [-0.1, -0.05) is 29.8 Å². The van der Waals surface area contributed by atoms with E-state index in [4.69, 9.17) is 11.6 Å². The average molecular weight is 282 g/mol. The molecule has 0 unspecified atom stereocenters. The fourth-order valence-corrected chi connectivity index (χ4v) is 1.11. The Labute approximate surface area is 92.2 Å². The van der Waals surface area contributed by atoms with E-state index in [0.717, 1.165) is 30.7 Å². The SMILES string of the molecule is Cl.ClC1=CCCC=CCC1.[Rh]. The Morgan fingerprint density at radius 1 is 1.09 bits per heavy atom. The topological polar surface area (TPSA) is 0 Å². The maximum absolute atomic E-state index is 5.82. The molecule has 0 saturated heterocycles. The van der Waals surface area contributed by atoms with Gasteiger partial charge in [0.25, 0.3) is 0 Å². The Kier molecular flexibility index (Phi) is 11.3. The molecule has 0 fully saturated rings. The first-order chi connectivity index (χ1) is 4.39. The number of rotatable bonds is 0. The summed E-state index contributed by atoms with van der Waals surface area (Å²) < 4.78 is 0. The monoisotopic (exact) mass is 281 g/mol. The van der Waals surface area contributed by atoms with E-state index in [1.807, 2.05) is 0 Å². The van der Waals surface area contributed by atoms with Crippen LogP contribution in [0.3, 0.4) is 0 Å². The largest absolute Gasteiger partial charge is 0.147 e. The molecule has 1 rings (SSSR count). The molecule has 0 amide bonds. The average Bonchev–Trinajstić information content (AvgIpc) is 1.79. The molecule has 3 heteroatoms. The van der Waals surface area contributed by atoms with Crippen LogP contribution >= 0.6 is 24.0 Å². The molecule has 0 atom stereocenters. The molecule has 0 aromatic heterocycles. The van der Waals surface area contributed by atoms with Crippen LogP contribution in [0.2, 0.25) is 0 Å². The van der Waals surface area contributed by atoms with Gasteiger partial charge in [0.1, 0.15) is 0 Å². The zero-order chi connectivity index (χ0) is 6.53. The minimum atomic E-state index is 0. The van der Waals surface area contributed by atoms with Crippen LogP contribution in [0.4, 0.5) is 0 Å². The van der Waals surface area contributed by atoms with Crippen molar-refractivity contribution in [2.75, 3.05) is 0 Å². The molecule has 67 valence electrons.